The number of benzene rings is 2. The summed E-state index contributed by atoms with van der Waals surface area (Å²) >= 11 is 0. The van der Waals surface area contributed by atoms with Crippen molar-refractivity contribution in [2.24, 2.45) is 0 Å². The van der Waals surface area contributed by atoms with Crippen LogP contribution in [-0.4, -0.2) is 39.0 Å². The molecule has 0 spiro atoms. The van der Waals surface area contributed by atoms with Crippen LogP contribution in [0.4, 0.5) is 5.69 Å². The van der Waals surface area contributed by atoms with Gasteiger partial charge in [-0.1, -0.05) is 42.5 Å². The average Bonchev–Trinajstić information content (AvgIpc) is 2.96. The summed E-state index contributed by atoms with van der Waals surface area (Å²) in [7, 11) is -1.56. The van der Waals surface area contributed by atoms with Crippen LogP contribution in [0.3, 0.4) is 0 Å². The second kappa shape index (κ2) is 7.27. The number of ether oxygens (including phenoxy) is 1. The van der Waals surface area contributed by atoms with E-state index in [0.717, 1.165) is 5.56 Å². The zero-order valence-corrected chi connectivity index (χ0v) is 14.9. The van der Waals surface area contributed by atoms with Crippen LogP contribution in [-0.2, 0) is 21.1 Å². The maximum absolute atomic E-state index is 13.1. The fourth-order valence-corrected chi connectivity index (χ4v) is 4.90. The Bertz CT molecular complexity index is 849. The summed E-state index contributed by atoms with van der Waals surface area (Å²) in [5.74, 6) is 0.541. The number of hydrogen-bond donors (Lipinski definition) is 0. The second-order valence-electron chi connectivity index (χ2n) is 6.15. The van der Waals surface area contributed by atoms with Crippen molar-refractivity contribution in [3.8, 4) is 5.75 Å². The molecule has 25 heavy (non-hydrogen) atoms. The van der Waals surface area contributed by atoms with Crippen LogP contribution in [0, 0.1) is 0 Å². The third-order valence-corrected chi connectivity index (χ3v) is 6.14. The minimum absolute atomic E-state index is 0.00835. The van der Waals surface area contributed by atoms with E-state index >= 15 is 0 Å². The van der Waals surface area contributed by atoms with Crippen molar-refractivity contribution < 1.29 is 17.9 Å². The molecule has 0 aromatic heterocycles. The van der Waals surface area contributed by atoms with Gasteiger partial charge >= 0.3 is 0 Å². The van der Waals surface area contributed by atoms with E-state index in [1.807, 2.05) is 42.5 Å². The lowest BCUT2D eigenvalue weighted by Gasteiger charge is -2.29. The van der Waals surface area contributed by atoms with Crippen LogP contribution in [0.5, 0.6) is 5.75 Å². The van der Waals surface area contributed by atoms with E-state index in [9.17, 15) is 13.2 Å². The van der Waals surface area contributed by atoms with Crippen LogP contribution in [0.15, 0.2) is 54.6 Å². The Hall–Kier alpha value is -2.34. The van der Waals surface area contributed by atoms with Gasteiger partial charge in [-0.2, -0.15) is 0 Å². The molecule has 0 N–H and O–H groups in total. The first kappa shape index (κ1) is 17.5. The molecule has 1 heterocycles. The van der Waals surface area contributed by atoms with E-state index in [2.05, 4.69) is 0 Å². The number of carbonyl (C=O) groups excluding carboxylic acids is 1. The predicted molar refractivity (Wildman–Crippen MR) is 97.7 cm³/mol. The predicted octanol–water partition coefficient (Wildman–Crippen LogP) is 2.46. The molecular formula is C19H21NO4S. The van der Waals surface area contributed by atoms with Crippen molar-refractivity contribution in [2.75, 3.05) is 23.5 Å². The lowest BCUT2D eigenvalue weighted by Crippen LogP contribution is -2.42. The Morgan fingerprint density at radius 1 is 1.12 bits per heavy atom. The van der Waals surface area contributed by atoms with E-state index in [0.29, 0.717) is 17.9 Å². The number of methoxy groups -OCH3 is 1. The van der Waals surface area contributed by atoms with Gasteiger partial charge in [-0.3, -0.25) is 4.79 Å². The molecule has 0 radical (unpaired) electrons. The lowest BCUT2D eigenvalue weighted by atomic mass is 10.1. The van der Waals surface area contributed by atoms with Gasteiger partial charge in [-0.05, 0) is 24.1 Å². The number of anilines is 1. The molecule has 1 aliphatic rings. The maximum Gasteiger partial charge on any atom is 0.231 e. The largest absolute Gasteiger partial charge is 0.495 e. The summed E-state index contributed by atoms with van der Waals surface area (Å²) in [6, 6.07) is 16.3. The third-order valence-electron chi connectivity index (χ3n) is 4.39. The molecular weight excluding hydrogens is 338 g/mol. The molecule has 0 saturated carbocycles. The van der Waals surface area contributed by atoms with E-state index in [1.54, 1.807) is 24.1 Å². The van der Waals surface area contributed by atoms with Crippen molar-refractivity contribution in [1.82, 2.24) is 0 Å². The first-order chi connectivity index (χ1) is 12.0. The van der Waals surface area contributed by atoms with Gasteiger partial charge in [0, 0.05) is 0 Å². The molecule has 1 unspecified atom stereocenters. The van der Waals surface area contributed by atoms with Crippen LogP contribution in [0.25, 0.3) is 0 Å². The van der Waals surface area contributed by atoms with Gasteiger partial charge in [0.15, 0.2) is 9.84 Å². The second-order valence-corrected chi connectivity index (χ2v) is 8.38. The topological polar surface area (TPSA) is 63.7 Å². The summed E-state index contributed by atoms with van der Waals surface area (Å²) in [5, 5.41) is 0. The molecule has 0 aliphatic carbocycles. The quantitative estimate of drug-likeness (QED) is 0.823. The van der Waals surface area contributed by atoms with Crippen molar-refractivity contribution in [3.63, 3.8) is 0 Å². The van der Waals surface area contributed by atoms with Crippen molar-refractivity contribution in [1.29, 1.82) is 0 Å². The molecule has 1 aliphatic heterocycles. The SMILES string of the molecule is COc1ccccc1N(C(=O)Cc1ccccc1)C1CCS(=O)(=O)C1. The first-order valence-electron chi connectivity index (χ1n) is 8.19. The highest BCUT2D eigenvalue weighted by atomic mass is 32.2. The van der Waals surface area contributed by atoms with E-state index in [-0.39, 0.29) is 29.9 Å². The normalized spacial score (nSPS) is 18.7. The molecule has 132 valence electrons. The lowest BCUT2D eigenvalue weighted by molar-refractivity contribution is -0.118. The fraction of sp³-hybridized carbons (Fsp3) is 0.316. The van der Waals surface area contributed by atoms with Gasteiger partial charge in [0.25, 0.3) is 0 Å². The first-order valence-corrected chi connectivity index (χ1v) is 10.0. The van der Waals surface area contributed by atoms with Crippen molar-refractivity contribution >= 4 is 21.4 Å². The Morgan fingerprint density at radius 2 is 1.80 bits per heavy atom. The Kier molecular flexibility index (Phi) is 5.08. The average molecular weight is 359 g/mol. The smallest absolute Gasteiger partial charge is 0.231 e. The van der Waals surface area contributed by atoms with E-state index in [4.69, 9.17) is 4.74 Å². The highest BCUT2D eigenvalue weighted by molar-refractivity contribution is 7.91. The van der Waals surface area contributed by atoms with Gasteiger partial charge in [0.05, 0.1) is 36.8 Å². The van der Waals surface area contributed by atoms with Crippen LogP contribution >= 0.6 is 0 Å². The van der Waals surface area contributed by atoms with Crippen molar-refractivity contribution in [3.05, 3.63) is 60.2 Å². The summed E-state index contributed by atoms with van der Waals surface area (Å²) in [6.07, 6.45) is 0.663. The van der Waals surface area contributed by atoms with Crippen molar-refractivity contribution in [2.45, 2.75) is 18.9 Å². The number of nitrogens with zero attached hydrogens (tertiary/aromatic N) is 1. The number of para-hydroxylation sites is 2. The number of hydrogen-bond acceptors (Lipinski definition) is 4. The van der Waals surface area contributed by atoms with Gasteiger partial charge < -0.3 is 9.64 Å². The van der Waals surface area contributed by atoms with E-state index in [1.165, 1.54) is 0 Å². The standard InChI is InChI=1S/C19H21NO4S/c1-24-18-10-6-5-9-17(18)20(16-11-12-25(22,23)14-16)19(21)13-15-7-3-2-4-8-15/h2-10,16H,11-14H2,1H3. The molecule has 2 aromatic carbocycles. The Balaban J connectivity index is 1.95. The molecule has 3 rings (SSSR count). The molecule has 1 fully saturated rings. The molecule has 1 atom stereocenters. The Morgan fingerprint density at radius 3 is 2.44 bits per heavy atom. The number of carbonyl (C=O) groups is 1. The minimum Gasteiger partial charge on any atom is -0.495 e. The summed E-state index contributed by atoms with van der Waals surface area (Å²) < 4.78 is 29.3. The summed E-state index contributed by atoms with van der Waals surface area (Å²) in [4.78, 5) is 14.7. The minimum atomic E-state index is -3.11. The molecule has 1 saturated heterocycles. The van der Waals surface area contributed by atoms with Crippen LogP contribution < -0.4 is 9.64 Å². The van der Waals surface area contributed by atoms with Gasteiger partial charge in [0.1, 0.15) is 5.75 Å². The van der Waals surface area contributed by atoms with Crippen LogP contribution in [0.2, 0.25) is 0 Å². The van der Waals surface area contributed by atoms with Crippen LogP contribution in [0.1, 0.15) is 12.0 Å². The third kappa shape index (κ3) is 4.02. The number of rotatable bonds is 5. The van der Waals surface area contributed by atoms with E-state index < -0.39 is 9.84 Å². The van der Waals surface area contributed by atoms with Gasteiger partial charge in [0.2, 0.25) is 5.91 Å². The molecule has 0 bridgehead atoms. The summed E-state index contributed by atoms with van der Waals surface area (Å²) in [5.41, 5.74) is 1.52. The highest BCUT2D eigenvalue weighted by Crippen LogP contribution is 2.32. The Labute approximate surface area is 148 Å². The molecule has 1 amide bonds. The zero-order valence-electron chi connectivity index (χ0n) is 14.1. The number of amides is 1. The zero-order chi connectivity index (χ0) is 17.9. The fourth-order valence-electron chi connectivity index (χ4n) is 3.20. The summed E-state index contributed by atoms with van der Waals surface area (Å²) in [6.45, 7) is 0. The molecule has 6 heteroatoms. The number of sulfone groups is 1. The molecule has 2 aromatic rings. The molecule has 5 nitrogen and oxygen atoms in total. The monoisotopic (exact) mass is 359 g/mol. The van der Waals surface area contributed by atoms with Gasteiger partial charge in [-0.25, -0.2) is 8.42 Å². The maximum atomic E-state index is 13.1. The van der Waals surface area contributed by atoms with Gasteiger partial charge in [-0.15, -0.1) is 0 Å². The highest BCUT2D eigenvalue weighted by Gasteiger charge is 2.36.